The van der Waals surface area contributed by atoms with Gasteiger partial charge in [-0.2, -0.15) is 0 Å². The standard InChI is InChI=1S/C20H21N/c1-2-3-6-15-19-20(18-13-9-5-10-14-18)21(19)16-17-11-7-4-8-12-17/h4-5,7-14,19-20H,2-3,16H2,1H3/t19-,20-,21?/m1/s1. The molecule has 0 aromatic heterocycles. The zero-order valence-corrected chi connectivity index (χ0v) is 12.5. The van der Waals surface area contributed by atoms with Gasteiger partial charge in [0, 0.05) is 13.0 Å². The van der Waals surface area contributed by atoms with Crippen molar-refractivity contribution in [3.8, 4) is 11.8 Å². The van der Waals surface area contributed by atoms with Crippen LogP contribution in [0.15, 0.2) is 60.7 Å². The average Bonchev–Trinajstić information content (AvgIpc) is 3.22. The normalized spacial score (nSPS) is 23.2. The fourth-order valence-corrected chi connectivity index (χ4v) is 2.75. The average molecular weight is 275 g/mol. The molecule has 0 saturated carbocycles. The molecular weight excluding hydrogens is 254 g/mol. The summed E-state index contributed by atoms with van der Waals surface area (Å²) in [4.78, 5) is 2.48. The number of unbranched alkanes of at least 4 members (excludes halogenated alkanes) is 1. The van der Waals surface area contributed by atoms with Gasteiger partial charge in [0.05, 0.1) is 12.1 Å². The minimum atomic E-state index is 0.374. The van der Waals surface area contributed by atoms with Crippen molar-refractivity contribution in [3.63, 3.8) is 0 Å². The number of hydrogen-bond acceptors (Lipinski definition) is 1. The van der Waals surface area contributed by atoms with Gasteiger partial charge >= 0.3 is 0 Å². The molecule has 1 unspecified atom stereocenters. The molecule has 1 aliphatic heterocycles. The van der Waals surface area contributed by atoms with Crippen LogP contribution >= 0.6 is 0 Å². The Morgan fingerprint density at radius 1 is 0.952 bits per heavy atom. The lowest BCUT2D eigenvalue weighted by atomic mass is 10.1. The Bertz CT molecular complexity index is 621. The van der Waals surface area contributed by atoms with E-state index in [2.05, 4.69) is 84.3 Å². The second-order valence-corrected chi connectivity index (χ2v) is 5.53. The molecular formula is C20H21N. The molecule has 1 aliphatic rings. The molecule has 21 heavy (non-hydrogen) atoms. The highest BCUT2D eigenvalue weighted by atomic mass is 15.3. The van der Waals surface area contributed by atoms with Gasteiger partial charge in [0.25, 0.3) is 0 Å². The molecule has 1 fully saturated rings. The SMILES string of the molecule is CCCC#C[C@@H]1[C@@H](c2ccccc2)N1Cc1ccccc1. The lowest BCUT2D eigenvalue weighted by molar-refractivity contribution is 0.495. The maximum atomic E-state index is 3.45. The maximum absolute atomic E-state index is 3.45. The monoisotopic (exact) mass is 275 g/mol. The molecule has 2 aromatic rings. The molecule has 1 saturated heterocycles. The molecule has 0 spiro atoms. The van der Waals surface area contributed by atoms with Gasteiger partial charge in [-0.3, -0.25) is 4.90 Å². The fourth-order valence-electron chi connectivity index (χ4n) is 2.75. The van der Waals surface area contributed by atoms with Gasteiger partial charge in [-0.1, -0.05) is 73.5 Å². The Morgan fingerprint density at radius 3 is 2.29 bits per heavy atom. The Labute approximate surface area is 127 Å². The highest BCUT2D eigenvalue weighted by Crippen LogP contribution is 2.43. The molecule has 1 heterocycles. The Morgan fingerprint density at radius 2 is 1.62 bits per heavy atom. The first-order chi connectivity index (χ1) is 10.4. The number of nitrogens with zero attached hydrogens (tertiary/aromatic N) is 1. The van der Waals surface area contributed by atoms with Crippen molar-refractivity contribution in [2.24, 2.45) is 0 Å². The van der Waals surface area contributed by atoms with Gasteiger partial charge < -0.3 is 0 Å². The summed E-state index contributed by atoms with van der Waals surface area (Å²) in [5, 5.41) is 0. The van der Waals surface area contributed by atoms with Crippen LogP contribution in [0.4, 0.5) is 0 Å². The van der Waals surface area contributed by atoms with Crippen molar-refractivity contribution in [1.82, 2.24) is 4.90 Å². The lowest BCUT2D eigenvalue weighted by Gasteiger charge is -2.03. The smallest absolute Gasteiger partial charge is 0.0923 e. The Hall–Kier alpha value is -2.04. The van der Waals surface area contributed by atoms with E-state index in [0.29, 0.717) is 12.1 Å². The molecule has 0 N–H and O–H groups in total. The van der Waals surface area contributed by atoms with E-state index in [0.717, 1.165) is 19.4 Å². The Kier molecular flexibility index (Phi) is 4.38. The van der Waals surface area contributed by atoms with Gasteiger partial charge in [0.2, 0.25) is 0 Å². The first-order valence-electron chi connectivity index (χ1n) is 7.73. The van der Waals surface area contributed by atoms with Crippen LogP contribution in [0.1, 0.15) is 36.9 Å². The Balaban J connectivity index is 1.76. The van der Waals surface area contributed by atoms with E-state index in [1.54, 1.807) is 0 Å². The van der Waals surface area contributed by atoms with Crippen LogP contribution in [0.3, 0.4) is 0 Å². The van der Waals surface area contributed by atoms with Crippen LogP contribution in [0.2, 0.25) is 0 Å². The van der Waals surface area contributed by atoms with Crippen molar-refractivity contribution >= 4 is 0 Å². The van der Waals surface area contributed by atoms with Crippen molar-refractivity contribution in [2.45, 2.75) is 38.4 Å². The van der Waals surface area contributed by atoms with E-state index in [4.69, 9.17) is 0 Å². The third kappa shape index (κ3) is 3.35. The molecule has 0 amide bonds. The second-order valence-electron chi connectivity index (χ2n) is 5.53. The van der Waals surface area contributed by atoms with Gasteiger partial charge in [0.15, 0.2) is 0 Å². The quantitative estimate of drug-likeness (QED) is 0.590. The lowest BCUT2D eigenvalue weighted by Crippen LogP contribution is -2.01. The topological polar surface area (TPSA) is 3.01 Å². The van der Waals surface area contributed by atoms with E-state index in [9.17, 15) is 0 Å². The zero-order chi connectivity index (χ0) is 14.5. The first kappa shape index (κ1) is 13.9. The van der Waals surface area contributed by atoms with Crippen LogP contribution in [0.5, 0.6) is 0 Å². The molecule has 0 bridgehead atoms. The van der Waals surface area contributed by atoms with Crippen molar-refractivity contribution in [1.29, 1.82) is 0 Å². The van der Waals surface area contributed by atoms with Crippen LogP contribution in [0.25, 0.3) is 0 Å². The summed E-state index contributed by atoms with van der Waals surface area (Å²) in [6, 6.07) is 22.2. The van der Waals surface area contributed by atoms with E-state index in [1.807, 2.05) is 0 Å². The maximum Gasteiger partial charge on any atom is 0.0923 e. The minimum Gasteiger partial charge on any atom is -0.274 e. The van der Waals surface area contributed by atoms with Crippen molar-refractivity contribution in [2.75, 3.05) is 0 Å². The van der Waals surface area contributed by atoms with E-state index in [-0.39, 0.29) is 0 Å². The number of benzene rings is 2. The van der Waals surface area contributed by atoms with Crippen molar-refractivity contribution < 1.29 is 0 Å². The molecule has 1 nitrogen and oxygen atoms in total. The highest BCUT2D eigenvalue weighted by Gasteiger charge is 2.47. The molecule has 2 aromatic carbocycles. The molecule has 106 valence electrons. The zero-order valence-electron chi connectivity index (χ0n) is 12.5. The third-order valence-electron chi connectivity index (χ3n) is 3.90. The second kappa shape index (κ2) is 6.61. The summed E-state index contributed by atoms with van der Waals surface area (Å²) in [5.74, 6) is 6.77. The summed E-state index contributed by atoms with van der Waals surface area (Å²) in [5.41, 5.74) is 2.74. The molecule has 3 atom stereocenters. The van der Waals surface area contributed by atoms with Crippen LogP contribution in [0, 0.1) is 11.8 Å². The summed E-state index contributed by atoms with van der Waals surface area (Å²) < 4.78 is 0. The van der Waals surface area contributed by atoms with Gasteiger partial charge in [0.1, 0.15) is 0 Å². The van der Waals surface area contributed by atoms with Gasteiger partial charge in [-0.15, -0.1) is 5.92 Å². The molecule has 0 aliphatic carbocycles. The van der Waals surface area contributed by atoms with Crippen molar-refractivity contribution in [3.05, 3.63) is 71.8 Å². The van der Waals surface area contributed by atoms with E-state index in [1.165, 1.54) is 11.1 Å². The summed E-state index contributed by atoms with van der Waals surface area (Å²) in [6.45, 7) is 3.16. The summed E-state index contributed by atoms with van der Waals surface area (Å²) in [7, 11) is 0. The molecule has 3 rings (SSSR count). The summed E-state index contributed by atoms with van der Waals surface area (Å²) in [6.07, 6.45) is 2.13. The minimum absolute atomic E-state index is 0.374. The predicted molar refractivity (Wildman–Crippen MR) is 87.6 cm³/mol. The van der Waals surface area contributed by atoms with Gasteiger partial charge in [-0.25, -0.2) is 0 Å². The van der Waals surface area contributed by atoms with Crippen LogP contribution in [-0.4, -0.2) is 10.9 Å². The number of hydrogen-bond donors (Lipinski definition) is 0. The third-order valence-corrected chi connectivity index (χ3v) is 3.90. The van der Waals surface area contributed by atoms with E-state index < -0.39 is 0 Å². The molecule has 1 heteroatoms. The van der Waals surface area contributed by atoms with Crippen LogP contribution in [-0.2, 0) is 6.54 Å². The highest BCUT2D eigenvalue weighted by molar-refractivity contribution is 5.34. The van der Waals surface area contributed by atoms with E-state index >= 15 is 0 Å². The first-order valence-corrected chi connectivity index (χ1v) is 7.73. The van der Waals surface area contributed by atoms with Gasteiger partial charge in [-0.05, 0) is 17.5 Å². The fraction of sp³-hybridized carbons (Fsp3) is 0.300. The predicted octanol–water partition coefficient (Wildman–Crippen LogP) is 4.42. The van der Waals surface area contributed by atoms with Crippen LogP contribution < -0.4 is 0 Å². The number of rotatable bonds is 4. The largest absolute Gasteiger partial charge is 0.274 e. The molecule has 0 radical (unpaired) electrons. The summed E-state index contributed by atoms with van der Waals surface area (Å²) >= 11 is 0.